The Morgan fingerprint density at radius 2 is 1.89 bits per heavy atom. The maximum absolute atomic E-state index is 13.0. The molecule has 0 radical (unpaired) electrons. The molecule has 2 aromatic carbocycles. The van der Waals surface area contributed by atoms with Crippen LogP contribution in [0.15, 0.2) is 60.9 Å². The molecule has 0 aliphatic heterocycles. The van der Waals surface area contributed by atoms with Crippen LogP contribution in [0.1, 0.15) is 21.6 Å². The molecule has 0 spiro atoms. The summed E-state index contributed by atoms with van der Waals surface area (Å²) < 4.78 is 14.5. The maximum atomic E-state index is 13.0. The number of rotatable bonds is 5. The molecule has 0 saturated carbocycles. The highest BCUT2D eigenvalue weighted by Gasteiger charge is 2.13. The molecule has 4 rings (SSSR count). The average Bonchev–Trinajstić information content (AvgIpc) is 3.34. The van der Waals surface area contributed by atoms with Crippen molar-refractivity contribution in [3.05, 3.63) is 83.6 Å². The summed E-state index contributed by atoms with van der Waals surface area (Å²) in [6.45, 7) is 2.43. The number of halogens is 1. The van der Waals surface area contributed by atoms with E-state index >= 15 is 0 Å². The Labute approximate surface area is 160 Å². The van der Waals surface area contributed by atoms with Crippen LogP contribution in [0, 0.1) is 12.7 Å². The number of aromatic amines is 1. The van der Waals surface area contributed by atoms with Crippen LogP contribution >= 0.6 is 0 Å². The molecule has 2 aromatic heterocycles. The largest absolute Gasteiger partial charge is 0.288 e. The van der Waals surface area contributed by atoms with Gasteiger partial charge >= 0.3 is 0 Å². The van der Waals surface area contributed by atoms with Crippen LogP contribution in [0.4, 0.5) is 10.3 Å². The molecule has 0 atom stereocenters. The fourth-order valence-corrected chi connectivity index (χ4v) is 2.68. The van der Waals surface area contributed by atoms with E-state index in [1.807, 2.05) is 31.2 Å². The van der Waals surface area contributed by atoms with Gasteiger partial charge in [0.25, 0.3) is 5.91 Å². The van der Waals surface area contributed by atoms with Crippen LogP contribution < -0.4 is 5.32 Å². The molecule has 8 heteroatoms. The number of carbonyl (C=O) groups excluding carboxylic acids is 1. The highest BCUT2D eigenvalue weighted by Crippen LogP contribution is 2.18. The van der Waals surface area contributed by atoms with Crippen LogP contribution in [0.3, 0.4) is 0 Å². The Bertz CT molecular complexity index is 1100. The second kappa shape index (κ2) is 7.43. The van der Waals surface area contributed by atoms with E-state index in [2.05, 4.69) is 25.6 Å². The lowest BCUT2D eigenvalue weighted by Gasteiger charge is -2.01. The number of nitrogens with zero attached hydrogens (tertiary/aromatic N) is 4. The Morgan fingerprint density at radius 3 is 2.64 bits per heavy atom. The summed E-state index contributed by atoms with van der Waals surface area (Å²) in [5.41, 5.74) is 3.94. The number of nitrogens with one attached hydrogen (secondary N) is 2. The number of aromatic nitrogens is 5. The zero-order valence-corrected chi connectivity index (χ0v) is 15.1. The van der Waals surface area contributed by atoms with Gasteiger partial charge in [-0.1, -0.05) is 42.0 Å². The van der Waals surface area contributed by atoms with Gasteiger partial charge in [0.05, 0.1) is 12.2 Å². The van der Waals surface area contributed by atoms with E-state index in [1.165, 1.54) is 18.5 Å². The minimum Gasteiger partial charge on any atom is -0.288 e. The predicted molar refractivity (Wildman–Crippen MR) is 102 cm³/mol. The van der Waals surface area contributed by atoms with Crippen molar-refractivity contribution in [2.45, 2.75) is 13.5 Å². The van der Waals surface area contributed by atoms with E-state index in [1.54, 1.807) is 22.9 Å². The summed E-state index contributed by atoms with van der Waals surface area (Å²) in [7, 11) is 0. The molecule has 0 saturated heterocycles. The minimum atomic E-state index is -0.384. The molecular weight excluding hydrogens is 359 g/mol. The zero-order valence-electron chi connectivity index (χ0n) is 15.1. The number of hydrogen-bond acceptors (Lipinski definition) is 4. The fourth-order valence-electron chi connectivity index (χ4n) is 2.68. The van der Waals surface area contributed by atoms with Crippen molar-refractivity contribution in [1.82, 2.24) is 25.0 Å². The van der Waals surface area contributed by atoms with Gasteiger partial charge in [-0.25, -0.2) is 14.1 Å². The summed E-state index contributed by atoms with van der Waals surface area (Å²) >= 11 is 0. The SMILES string of the molecule is Cc1ccc(-c2cc(C(=O)Nc3ncn(Cc4ccc(F)cc4)n3)[nH]n2)cc1. The van der Waals surface area contributed by atoms with Crippen molar-refractivity contribution in [2.24, 2.45) is 0 Å². The van der Waals surface area contributed by atoms with Crippen molar-refractivity contribution >= 4 is 11.9 Å². The molecule has 4 aromatic rings. The van der Waals surface area contributed by atoms with E-state index in [0.29, 0.717) is 17.9 Å². The zero-order chi connectivity index (χ0) is 19.5. The monoisotopic (exact) mass is 376 g/mol. The van der Waals surface area contributed by atoms with Gasteiger partial charge in [-0.2, -0.15) is 5.10 Å². The summed E-state index contributed by atoms with van der Waals surface area (Å²) in [5, 5.41) is 13.8. The Hall–Kier alpha value is -3.81. The first kappa shape index (κ1) is 17.6. The second-order valence-corrected chi connectivity index (χ2v) is 6.38. The van der Waals surface area contributed by atoms with Crippen molar-refractivity contribution in [3.63, 3.8) is 0 Å². The summed E-state index contributed by atoms with van der Waals surface area (Å²) in [6.07, 6.45) is 1.50. The standard InChI is InChI=1S/C20H17FN6O/c1-13-2-6-15(7-3-13)17-10-18(25-24-17)19(28)23-20-22-12-27(26-20)11-14-4-8-16(21)9-5-14/h2-10,12H,11H2,1H3,(H,24,25)(H,23,26,28). The highest BCUT2D eigenvalue weighted by atomic mass is 19.1. The number of benzene rings is 2. The van der Waals surface area contributed by atoms with E-state index in [4.69, 9.17) is 0 Å². The summed E-state index contributed by atoms with van der Waals surface area (Å²) in [4.78, 5) is 16.5. The van der Waals surface area contributed by atoms with Gasteiger partial charge in [0.2, 0.25) is 5.95 Å². The van der Waals surface area contributed by atoms with Gasteiger partial charge in [-0.3, -0.25) is 15.2 Å². The molecule has 0 aliphatic carbocycles. The van der Waals surface area contributed by atoms with E-state index in [-0.39, 0.29) is 17.7 Å². The highest BCUT2D eigenvalue weighted by molar-refractivity contribution is 6.02. The number of anilines is 1. The van der Waals surface area contributed by atoms with Gasteiger partial charge in [0.15, 0.2) is 0 Å². The molecule has 0 unspecified atom stereocenters. The molecule has 0 bridgehead atoms. The van der Waals surface area contributed by atoms with Crippen molar-refractivity contribution < 1.29 is 9.18 Å². The minimum absolute atomic E-state index is 0.179. The van der Waals surface area contributed by atoms with Gasteiger partial charge in [0, 0.05) is 5.56 Å². The van der Waals surface area contributed by atoms with Gasteiger partial charge in [-0.05, 0) is 30.7 Å². The number of amides is 1. The number of aryl methyl sites for hydroxylation is 1. The first-order chi connectivity index (χ1) is 13.6. The summed E-state index contributed by atoms with van der Waals surface area (Å²) in [5.74, 6) is -0.496. The molecule has 0 fully saturated rings. The van der Waals surface area contributed by atoms with Crippen molar-refractivity contribution in [2.75, 3.05) is 5.32 Å². The van der Waals surface area contributed by atoms with Crippen molar-refractivity contribution in [3.8, 4) is 11.3 Å². The van der Waals surface area contributed by atoms with E-state index < -0.39 is 0 Å². The molecule has 2 N–H and O–H groups in total. The molecule has 28 heavy (non-hydrogen) atoms. The van der Waals surface area contributed by atoms with Crippen LogP contribution in [0.25, 0.3) is 11.3 Å². The van der Waals surface area contributed by atoms with Gasteiger partial charge < -0.3 is 0 Å². The Morgan fingerprint density at radius 1 is 1.14 bits per heavy atom. The quantitative estimate of drug-likeness (QED) is 0.559. The lowest BCUT2D eigenvalue weighted by molar-refractivity contribution is 0.102. The molecular formula is C20H17FN6O. The number of carbonyl (C=O) groups is 1. The van der Waals surface area contributed by atoms with Crippen LogP contribution in [-0.4, -0.2) is 30.9 Å². The first-order valence-corrected chi connectivity index (χ1v) is 8.64. The van der Waals surface area contributed by atoms with E-state index in [9.17, 15) is 9.18 Å². The fraction of sp³-hybridized carbons (Fsp3) is 0.100. The molecule has 2 heterocycles. The predicted octanol–water partition coefficient (Wildman–Crippen LogP) is 3.42. The van der Waals surface area contributed by atoms with Gasteiger partial charge in [0.1, 0.15) is 17.8 Å². The average molecular weight is 376 g/mol. The maximum Gasteiger partial charge on any atom is 0.276 e. The van der Waals surface area contributed by atoms with Crippen LogP contribution in [0.5, 0.6) is 0 Å². The van der Waals surface area contributed by atoms with Crippen LogP contribution in [-0.2, 0) is 6.54 Å². The molecule has 0 aliphatic rings. The van der Waals surface area contributed by atoms with E-state index in [0.717, 1.165) is 16.7 Å². The topological polar surface area (TPSA) is 88.5 Å². The number of hydrogen-bond donors (Lipinski definition) is 2. The normalized spacial score (nSPS) is 10.8. The lowest BCUT2D eigenvalue weighted by Crippen LogP contribution is -2.14. The third-order valence-electron chi connectivity index (χ3n) is 4.19. The second-order valence-electron chi connectivity index (χ2n) is 6.38. The smallest absolute Gasteiger partial charge is 0.276 e. The van der Waals surface area contributed by atoms with Crippen molar-refractivity contribution in [1.29, 1.82) is 0 Å². The first-order valence-electron chi connectivity index (χ1n) is 8.64. The third kappa shape index (κ3) is 3.96. The third-order valence-corrected chi connectivity index (χ3v) is 4.19. The Kier molecular flexibility index (Phi) is 4.67. The Balaban J connectivity index is 1.42. The lowest BCUT2D eigenvalue weighted by atomic mass is 10.1. The van der Waals surface area contributed by atoms with Crippen LogP contribution in [0.2, 0.25) is 0 Å². The summed E-state index contributed by atoms with van der Waals surface area (Å²) in [6, 6.07) is 15.7. The van der Waals surface area contributed by atoms with Gasteiger partial charge in [-0.15, -0.1) is 5.10 Å². The molecule has 140 valence electrons. The number of H-pyrrole nitrogens is 1. The molecule has 1 amide bonds. The molecule has 7 nitrogen and oxygen atoms in total.